The molecule has 4 nitrogen and oxygen atoms in total. The summed E-state index contributed by atoms with van der Waals surface area (Å²) < 4.78 is 0. The van der Waals surface area contributed by atoms with E-state index in [1.165, 1.54) is 4.88 Å². The van der Waals surface area contributed by atoms with Crippen molar-refractivity contribution in [2.45, 2.75) is 25.4 Å². The Morgan fingerprint density at radius 1 is 1.65 bits per heavy atom. The van der Waals surface area contributed by atoms with Crippen molar-refractivity contribution in [3.63, 3.8) is 0 Å². The maximum atomic E-state index is 11.9. The number of nitrogens with one attached hydrogen (secondary N) is 1. The molecule has 0 aliphatic carbocycles. The quantitative estimate of drug-likeness (QED) is 0.843. The fraction of sp³-hybridized carbons (Fsp3) is 0.583. The lowest BCUT2D eigenvalue weighted by molar-refractivity contribution is -0.137. The minimum absolute atomic E-state index is 0.0822. The van der Waals surface area contributed by atoms with Crippen LogP contribution in [0.25, 0.3) is 0 Å². The second-order valence-electron chi connectivity index (χ2n) is 4.78. The molecule has 1 aliphatic heterocycles. The van der Waals surface area contributed by atoms with E-state index in [2.05, 4.69) is 21.7 Å². The van der Waals surface area contributed by atoms with Gasteiger partial charge in [0.2, 0.25) is 5.91 Å². The van der Waals surface area contributed by atoms with Crippen molar-refractivity contribution in [1.29, 1.82) is 0 Å². The van der Waals surface area contributed by atoms with Gasteiger partial charge >= 0.3 is 0 Å². The first-order valence-electron chi connectivity index (χ1n) is 5.86. The second-order valence-corrected chi connectivity index (χ2v) is 5.75. The van der Waals surface area contributed by atoms with Crippen LogP contribution in [-0.4, -0.2) is 36.0 Å². The molecule has 2 rings (SSSR count). The van der Waals surface area contributed by atoms with E-state index in [4.69, 9.17) is 5.73 Å². The van der Waals surface area contributed by atoms with E-state index >= 15 is 0 Å². The third kappa shape index (κ3) is 2.22. The monoisotopic (exact) mass is 253 g/mol. The normalized spacial score (nSPS) is 22.2. The third-order valence-electron chi connectivity index (χ3n) is 3.38. The molecule has 1 unspecified atom stereocenters. The van der Waals surface area contributed by atoms with Gasteiger partial charge in [-0.3, -0.25) is 9.69 Å². The highest BCUT2D eigenvalue weighted by atomic mass is 32.1. The van der Waals surface area contributed by atoms with Crippen molar-refractivity contribution in [1.82, 2.24) is 10.2 Å². The van der Waals surface area contributed by atoms with Gasteiger partial charge in [0.1, 0.15) is 0 Å². The third-order valence-corrected chi connectivity index (χ3v) is 4.36. The number of nitrogens with two attached hydrogens (primary N) is 1. The number of hydrogen-bond donors (Lipinski definition) is 2. The smallest absolute Gasteiger partial charge is 0.240 e. The Labute approximate surface area is 106 Å². The van der Waals surface area contributed by atoms with Gasteiger partial charge in [0, 0.05) is 24.5 Å². The van der Waals surface area contributed by atoms with Crippen LogP contribution >= 0.6 is 11.3 Å². The van der Waals surface area contributed by atoms with E-state index in [-0.39, 0.29) is 11.9 Å². The van der Waals surface area contributed by atoms with Crippen molar-refractivity contribution in [3.05, 3.63) is 22.4 Å². The lowest BCUT2D eigenvalue weighted by Gasteiger charge is -2.45. The van der Waals surface area contributed by atoms with Crippen LogP contribution in [0.4, 0.5) is 0 Å². The fourth-order valence-electron chi connectivity index (χ4n) is 2.34. The summed E-state index contributed by atoms with van der Waals surface area (Å²) in [4.78, 5) is 15.4. The van der Waals surface area contributed by atoms with Crippen molar-refractivity contribution in [3.8, 4) is 0 Å². The Bertz CT molecular complexity index is 388. The van der Waals surface area contributed by atoms with Gasteiger partial charge in [-0.25, -0.2) is 0 Å². The summed E-state index contributed by atoms with van der Waals surface area (Å²) in [6, 6.07) is 4.25. The summed E-state index contributed by atoms with van der Waals surface area (Å²) in [5.74, 6) is 0.0822. The van der Waals surface area contributed by atoms with Crippen LogP contribution in [0.2, 0.25) is 0 Å². The molecule has 0 radical (unpaired) electrons. The molecule has 1 fully saturated rings. The average molecular weight is 253 g/mol. The van der Waals surface area contributed by atoms with E-state index in [9.17, 15) is 4.79 Å². The van der Waals surface area contributed by atoms with E-state index in [0.717, 1.165) is 6.54 Å². The summed E-state index contributed by atoms with van der Waals surface area (Å²) in [6.07, 6.45) is 0. The van der Waals surface area contributed by atoms with E-state index in [0.29, 0.717) is 13.1 Å². The molecule has 94 valence electrons. The molecule has 3 N–H and O–H groups in total. The summed E-state index contributed by atoms with van der Waals surface area (Å²) in [6.45, 7) is 6.00. The number of nitrogens with zero attached hydrogens (tertiary/aromatic N) is 1. The van der Waals surface area contributed by atoms with Crippen molar-refractivity contribution in [2.24, 2.45) is 5.73 Å². The maximum Gasteiger partial charge on any atom is 0.240 e. The highest BCUT2D eigenvalue weighted by Gasteiger charge is 2.41. The molecule has 0 bridgehead atoms. The van der Waals surface area contributed by atoms with Crippen LogP contribution in [-0.2, 0) is 4.79 Å². The molecule has 0 saturated carbocycles. The van der Waals surface area contributed by atoms with Gasteiger partial charge in [0.15, 0.2) is 0 Å². The van der Waals surface area contributed by atoms with Crippen LogP contribution < -0.4 is 11.1 Å². The molecular formula is C12H19N3OS. The average Bonchev–Trinajstić information content (AvgIpc) is 2.79. The molecule has 1 aromatic heterocycles. The first-order valence-corrected chi connectivity index (χ1v) is 6.74. The fourth-order valence-corrected chi connectivity index (χ4v) is 3.19. The molecule has 5 heteroatoms. The lowest BCUT2D eigenvalue weighted by atomic mass is 9.96. The van der Waals surface area contributed by atoms with E-state index in [1.54, 1.807) is 11.3 Å². The molecular weight excluding hydrogens is 234 g/mol. The first kappa shape index (κ1) is 12.5. The Hall–Kier alpha value is -0.910. The molecule has 1 aromatic rings. The summed E-state index contributed by atoms with van der Waals surface area (Å²) in [5.41, 5.74) is 5.40. The minimum atomic E-state index is -0.494. The van der Waals surface area contributed by atoms with Crippen LogP contribution in [0, 0.1) is 0 Å². The Kier molecular flexibility index (Phi) is 3.51. The summed E-state index contributed by atoms with van der Waals surface area (Å²) in [7, 11) is 0. The molecule has 1 aliphatic rings. The molecule has 1 atom stereocenters. The standard InChI is InChI=1S/C12H19N3OS/c1-12(2)11(16)14-5-6-15(12)9(8-13)10-4-3-7-17-10/h3-4,7,9H,5-6,8,13H2,1-2H3,(H,14,16). The highest BCUT2D eigenvalue weighted by molar-refractivity contribution is 7.10. The van der Waals surface area contributed by atoms with Gasteiger partial charge in [-0.05, 0) is 25.3 Å². The zero-order valence-electron chi connectivity index (χ0n) is 10.3. The molecule has 1 saturated heterocycles. The van der Waals surface area contributed by atoms with E-state index < -0.39 is 5.54 Å². The van der Waals surface area contributed by atoms with Crippen LogP contribution in [0.1, 0.15) is 24.8 Å². The zero-order chi connectivity index (χ0) is 12.5. The van der Waals surface area contributed by atoms with Crippen molar-refractivity contribution < 1.29 is 4.79 Å². The highest BCUT2D eigenvalue weighted by Crippen LogP contribution is 2.31. The molecule has 0 aromatic carbocycles. The number of hydrogen-bond acceptors (Lipinski definition) is 4. The minimum Gasteiger partial charge on any atom is -0.353 e. The summed E-state index contributed by atoms with van der Waals surface area (Å²) >= 11 is 1.70. The first-order chi connectivity index (χ1) is 8.07. The van der Waals surface area contributed by atoms with Gasteiger partial charge in [0.05, 0.1) is 11.6 Å². The molecule has 1 amide bonds. The van der Waals surface area contributed by atoms with Gasteiger partial charge in [-0.1, -0.05) is 6.07 Å². The summed E-state index contributed by atoms with van der Waals surface area (Å²) in [5, 5.41) is 4.96. The molecule has 17 heavy (non-hydrogen) atoms. The zero-order valence-corrected chi connectivity index (χ0v) is 11.1. The predicted octanol–water partition coefficient (Wildman–Crippen LogP) is 0.958. The van der Waals surface area contributed by atoms with Crippen molar-refractivity contribution in [2.75, 3.05) is 19.6 Å². The topological polar surface area (TPSA) is 58.4 Å². The second kappa shape index (κ2) is 4.76. The SMILES string of the molecule is CC1(C)C(=O)NCCN1C(CN)c1cccs1. The van der Waals surface area contributed by atoms with Gasteiger partial charge in [0.25, 0.3) is 0 Å². The predicted molar refractivity (Wildman–Crippen MR) is 69.9 cm³/mol. The molecule has 2 heterocycles. The Balaban J connectivity index is 2.27. The van der Waals surface area contributed by atoms with Crippen LogP contribution in [0.3, 0.4) is 0 Å². The number of piperazine rings is 1. The number of amides is 1. The van der Waals surface area contributed by atoms with Gasteiger partial charge in [-0.2, -0.15) is 0 Å². The number of carbonyl (C=O) groups excluding carboxylic acids is 1. The van der Waals surface area contributed by atoms with Crippen LogP contribution in [0.15, 0.2) is 17.5 Å². The largest absolute Gasteiger partial charge is 0.353 e. The maximum absolute atomic E-state index is 11.9. The Morgan fingerprint density at radius 2 is 2.41 bits per heavy atom. The van der Waals surface area contributed by atoms with Crippen LogP contribution in [0.5, 0.6) is 0 Å². The number of rotatable bonds is 3. The number of carbonyl (C=O) groups is 1. The number of thiophene rings is 1. The Morgan fingerprint density at radius 3 is 3.00 bits per heavy atom. The van der Waals surface area contributed by atoms with Gasteiger partial charge < -0.3 is 11.1 Å². The van der Waals surface area contributed by atoms with Crippen molar-refractivity contribution >= 4 is 17.2 Å². The molecule has 0 spiro atoms. The van der Waals surface area contributed by atoms with E-state index in [1.807, 2.05) is 19.9 Å². The van der Waals surface area contributed by atoms with Gasteiger partial charge in [-0.15, -0.1) is 11.3 Å². The lowest BCUT2D eigenvalue weighted by Crippen LogP contribution is -2.63.